The zero-order valence-electron chi connectivity index (χ0n) is 16.4. The zero-order valence-corrected chi connectivity index (χ0v) is 16.4. The Morgan fingerprint density at radius 1 is 1.19 bits per heavy atom. The number of benzene rings is 1. The molecule has 1 aliphatic carbocycles. The molecule has 5 nitrogen and oxygen atoms in total. The molecule has 1 aliphatic heterocycles. The fraction of sp³-hybridized carbons (Fsp3) is 0.591. The molecule has 1 atom stereocenters. The van der Waals surface area contributed by atoms with Gasteiger partial charge in [0.1, 0.15) is 0 Å². The number of rotatable bonds is 6. The van der Waals surface area contributed by atoms with Gasteiger partial charge in [-0.15, -0.1) is 0 Å². The maximum atomic E-state index is 5.48. The van der Waals surface area contributed by atoms with E-state index in [1.165, 1.54) is 48.9 Å². The number of nitrogens with zero attached hydrogens (tertiary/aromatic N) is 3. The van der Waals surface area contributed by atoms with Crippen molar-refractivity contribution in [1.82, 2.24) is 14.7 Å². The first-order valence-corrected chi connectivity index (χ1v) is 10.5. The van der Waals surface area contributed by atoms with Crippen molar-refractivity contribution in [3.63, 3.8) is 0 Å². The maximum Gasteiger partial charge on any atom is 0.0594 e. The average molecular weight is 369 g/mol. The number of nitrogens with one attached hydrogen (secondary N) is 1. The quantitative estimate of drug-likeness (QED) is 0.821. The van der Waals surface area contributed by atoms with E-state index in [-0.39, 0.29) is 0 Å². The predicted octanol–water partition coefficient (Wildman–Crippen LogP) is 4.39. The lowest BCUT2D eigenvalue weighted by molar-refractivity contribution is 0.0199. The monoisotopic (exact) mass is 368 g/mol. The van der Waals surface area contributed by atoms with Crippen LogP contribution in [0.3, 0.4) is 0 Å². The van der Waals surface area contributed by atoms with Crippen LogP contribution < -0.4 is 5.32 Å². The van der Waals surface area contributed by atoms with Crippen molar-refractivity contribution in [2.75, 3.05) is 31.6 Å². The van der Waals surface area contributed by atoms with Crippen molar-refractivity contribution in [2.45, 2.75) is 57.7 Å². The molecular weight excluding hydrogens is 336 g/mol. The van der Waals surface area contributed by atoms with Crippen LogP contribution in [0.25, 0.3) is 0 Å². The molecule has 0 radical (unpaired) electrons. The number of hydrogen-bond acceptors (Lipinski definition) is 4. The van der Waals surface area contributed by atoms with Gasteiger partial charge in [-0.05, 0) is 37.5 Å². The van der Waals surface area contributed by atoms with Crippen LogP contribution in [-0.4, -0.2) is 41.0 Å². The number of anilines is 1. The van der Waals surface area contributed by atoms with Gasteiger partial charge in [0.25, 0.3) is 0 Å². The van der Waals surface area contributed by atoms with Crippen LogP contribution in [0.4, 0.5) is 5.69 Å². The Morgan fingerprint density at radius 2 is 2.00 bits per heavy atom. The van der Waals surface area contributed by atoms with Crippen LogP contribution in [0.5, 0.6) is 0 Å². The van der Waals surface area contributed by atoms with E-state index in [1.54, 1.807) is 0 Å². The molecule has 1 saturated carbocycles. The lowest BCUT2D eigenvalue weighted by Gasteiger charge is -2.32. The Kier molecular flexibility index (Phi) is 6.10. The molecular formula is C22H32N4O. The van der Waals surface area contributed by atoms with Crippen LogP contribution in [-0.2, 0) is 11.3 Å². The van der Waals surface area contributed by atoms with Crippen LogP contribution in [0.1, 0.15) is 62.2 Å². The molecule has 2 heterocycles. The summed E-state index contributed by atoms with van der Waals surface area (Å²) >= 11 is 0. The minimum atomic E-state index is 0.421. The van der Waals surface area contributed by atoms with Crippen molar-refractivity contribution >= 4 is 5.69 Å². The summed E-state index contributed by atoms with van der Waals surface area (Å²) in [5.41, 5.74) is 3.80. The summed E-state index contributed by atoms with van der Waals surface area (Å²) in [5.74, 6) is 0. The summed E-state index contributed by atoms with van der Waals surface area (Å²) in [6, 6.07) is 9.84. The van der Waals surface area contributed by atoms with Gasteiger partial charge in [0, 0.05) is 43.1 Å². The van der Waals surface area contributed by atoms with Gasteiger partial charge in [0.2, 0.25) is 0 Å². The third-order valence-corrected chi connectivity index (χ3v) is 6.06. The van der Waals surface area contributed by atoms with Crippen molar-refractivity contribution in [2.24, 2.45) is 0 Å². The summed E-state index contributed by atoms with van der Waals surface area (Å²) in [7, 11) is 0. The van der Waals surface area contributed by atoms with Crippen molar-refractivity contribution in [3.05, 3.63) is 47.8 Å². The first kappa shape index (κ1) is 18.5. The lowest BCUT2D eigenvalue weighted by Crippen LogP contribution is -2.38. The minimum Gasteiger partial charge on any atom is -0.381 e. The van der Waals surface area contributed by atoms with Crippen LogP contribution in [0.15, 0.2) is 36.7 Å². The molecule has 2 fully saturated rings. The molecule has 2 aromatic rings. The summed E-state index contributed by atoms with van der Waals surface area (Å²) in [4.78, 5) is 2.50. The highest BCUT2D eigenvalue weighted by Crippen LogP contribution is 2.28. The molecule has 1 saturated heterocycles. The highest BCUT2D eigenvalue weighted by Gasteiger charge is 2.19. The van der Waals surface area contributed by atoms with E-state index < -0.39 is 0 Å². The van der Waals surface area contributed by atoms with E-state index in [4.69, 9.17) is 4.74 Å². The zero-order chi connectivity index (χ0) is 18.5. The molecule has 0 bridgehead atoms. The van der Waals surface area contributed by atoms with Crippen molar-refractivity contribution in [3.8, 4) is 0 Å². The van der Waals surface area contributed by atoms with Gasteiger partial charge in [0.05, 0.1) is 25.5 Å². The number of ether oxygens (including phenoxy) is 1. The molecule has 2 aliphatic rings. The first-order chi connectivity index (χ1) is 13.3. The van der Waals surface area contributed by atoms with E-state index in [0.717, 1.165) is 32.8 Å². The van der Waals surface area contributed by atoms with E-state index in [2.05, 4.69) is 57.4 Å². The van der Waals surface area contributed by atoms with Crippen molar-refractivity contribution in [1.29, 1.82) is 0 Å². The standard InChI is InChI=1S/C22H32N4O/c1-18(25-10-12-27-13-11-25)20-6-5-7-21(14-20)23-15-19-16-24-26(17-19)22-8-3-2-4-9-22/h5-7,14,16-18,22-23H,2-4,8-13,15H2,1H3. The van der Waals surface area contributed by atoms with Crippen LogP contribution >= 0.6 is 0 Å². The van der Waals surface area contributed by atoms with Gasteiger partial charge in [0.15, 0.2) is 0 Å². The topological polar surface area (TPSA) is 42.3 Å². The molecule has 0 amide bonds. The Hall–Kier alpha value is -1.85. The third-order valence-electron chi connectivity index (χ3n) is 6.06. The maximum absolute atomic E-state index is 5.48. The Bertz CT molecular complexity index is 717. The SMILES string of the molecule is CC(c1cccc(NCc2cnn(C3CCCCC3)c2)c1)N1CCOCC1. The summed E-state index contributed by atoms with van der Waals surface area (Å²) < 4.78 is 7.67. The number of morpholine rings is 1. The fourth-order valence-corrected chi connectivity index (χ4v) is 4.30. The molecule has 0 spiro atoms. The van der Waals surface area contributed by atoms with E-state index in [1.807, 2.05) is 6.20 Å². The number of aromatic nitrogens is 2. The summed E-state index contributed by atoms with van der Waals surface area (Å²) in [6.45, 7) is 6.82. The van der Waals surface area contributed by atoms with Gasteiger partial charge in [-0.2, -0.15) is 5.10 Å². The highest BCUT2D eigenvalue weighted by molar-refractivity contribution is 5.46. The van der Waals surface area contributed by atoms with E-state index in [0.29, 0.717) is 12.1 Å². The molecule has 1 aromatic heterocycles. The molecule has 27 heavy (non-hydrogen) atoms. The second-order valence-corrected chi connectivity index (χ2v) is 7.92. The molecule has 146 valence electrons. The van der Waals surface area contributed by atoms with Crippen molar-refractivity contribution < 1.29 is 4.74 Å². The van der Waals surface area contributed by atoms with Gasteiger partial charge in [-0.3, -0.25) is 9.58 Å². The molecule has 1 unspecified atom stereocenters. The molecule has 1 aromatic carbocycles. The molecule has 4 rings (SSSR count). The third kappa shape index (κ3) is 4.71. The second-order valence-electron chi connectivity index (χ2n) is 7.92. The number of hydrogen-bond donors (Lipinski definition) is 1. The molecule has 1 N–H and O–H groups in total. The molecule has 5 heteroatoms. The minimum absolute atomic E-state index is 0.421. The Labute approximate surface area is 162 Å². The van der Waals surface area contributed by atoms with Gasteiger partial charge in [-0.1, -0.05) is 31.4 Å². The Morgan fingerprint density at radius 3 is 2.81 bits per heavy atom. The normalized spacial score (nSPS) is 20.5. The lowest BCUT2D eigenvalue weighted by atomic mass is 9.96. The van der Waals surface area contributed by atoms with E-state index in [9.17, 15) is 0 Å². The summed E-state index contributed by atoms with van der Waals surface area (Å²) in [6.07, 6.45) is 10.8. The van der Waals surface area contributed by atoms with E-state index >= 15 is 0 Å². The second kappa shape index (κ2) is 8.89. The Balaban J connectivity index is 1.35. The fourth-order valence-electron chi connectivity index (χ4n) is 4.30. The van der Waals surface area contributed by atoms with Gasteiger partial charge >= 0.3 is 0 Å². The largest absolute Gasteiger partial charge is 0.381 e. The van der Waals surface area contributed by atoms with Gasteiger partial charge in [-0.25, -0.2) is 0 Å². The van der Waals surface area contributed by atoms with Crippen LogP contribution in [0, 0.1) is 0 Å². The predicted molar refractivity (Wildman–Crippen MR) is 109 cm³/mol. The van der Waals surface area contributed by atoms with Gasteiger partial charge < -0.3 is 10.1 Å². The smallest absolute Gasteiger partial charge is 0.0594 e. The average Bonchev–Trinajstić information content (AvgIpc) is 3.22. The first-order valence-electron chi connectivity index (χ1n) is 10.5. The summed E-state index contributed by atoms with van der Waals surface area (Å²) in [5, 5.41) is 8.20. The van der Waals surface area contributed by atoms with Crippen LogP contribution in [0.2, 0.25) is 0 Å². The highest BCUT2D eigenvalue weighted by atomic mass is 16.5.